The molecule has 1 amide bonds. The first-order valence-corrected chi connectivity index (χ1v) is 6.16. The molecule has 0 radical (unpaired) electrons. The molecule has 0 bridgehead atoms. The van der Waals surface area contributed by atoms with Crippen LogP contribution in [0.1, 0.15) is 19.4 Å². The Morgan fingerprint density at radius 3 is 2.35 bits per heavy atom. The fraction of sp³-hybridized carbons (Fsp3) is 0.429. The average Bonchev–Trinajstić information content (AvgIpc) is 2.93. The van der Waals surface area contributed by atoms with E-state index in [1.165, 1.54) is 13.0 Å². The number of benzene rings is 1. The summed E-state index contributed by atoms with van der Waals surface area (Å²) in [6.45, 7) is 4.73. The molecule has 20 heavy (non-hydrogen) atoms. The Morgan fingerprint density at radius 1 is 1.25 bits per heavy atom. The maximum atomic E-state index is 13.8. The Kier molecular flexibility index (Phi) is 3.28. The smallest absolute Gasteiger partial charge is 0.307 e. The summed E-state index contributed by atoms with van der Waals surface area (Å²) < 4.78 is 27.3. The highest BCUT2D eigenvalue weighted by molar-refractivity contribution is 5.99. The standard InChI is InChI=1S/C14H15F2NO3/c1-6-4-5-7(15)11(10(6)16)17-12(18)8-9(13(19)20)14(8,2)3/h4-5,8-9H,1-3H3,(H,17,18)(H,19,20)/t8-,9+/m1/s1. The van der Waals surface area contributed by atoms with E-state index in [9.17, 15) is 18.4 Å². The van der Waals surface area contributed by atoms with Crippen LogP contribution in [0.25, 0.3) is 0 Å². The number of anilines is 1. The number of aryl methyl sites for hydroxylation is 1. The number of nitrogens with one attached hydrogen (secondary N) is 1. The van der Waals surface area contributed by atoms with E-state index >= 15 is 0 Å². The Bertz CT molecular complexity index is 598. The highest BCUT2D eigenvalue weighted by Gasteiger charge is 2.66. The van der Waals surface area contributed by atoms with Crippen LogP contribution in [0.5, 0.6) is 0 Å². The molecule has 6 heteroatoms. The highest BCUT2D eigenvalue weighted by atomic mass is 19.1. The molecule has 4 nitrogen and oxygen atoms in total. The van der Waals surface area contributed by atoms with Crippen LogP contribution in [0.3, 0.4) is 0 Å². The minimum Gasteiger partial charge on any atom is -0.481 e. The van der Waals surface area contributed by atoms with Crippen LogP contribution in [-0.2, 0) is 9.59 Å². The SMILES string of the molecule is Cc1ccc(F)c(NC(=O)[C@H]2[C@@H](C(=O)O)C2(C)C)c1F. The monoisotopic (exact) mass is 283 g/mol. The molecule has 0 aromatic heterocycles. The number of carboxylic acid groups (broad SMARTS) is 1. The number of carbonyl (C=O) groups excluding carboxylic acids is 1. The number of hydrogen-bond acceptors (Lipinski definition) is 2. The lowest BCUT2D eigenvalue weighted by molar-refractivity contribution is -0.140. The Hall–Kier alpha value is -1.98. The van der Waals surface area contributed by atoms with Gasteiger partial charge in [0.15, 0.2) is 5.82 Å². The summed E-state index contributed by atoms with van der Waals surface area (Å²) in [6, 6.07) is 2.32. The summed E-state index contributed by atoms with van der Waals surface area (Å²) >= 11 is 0. The second-order valence-corrected chi connectivity index (χ2v) is 5.66. The predicted octanol–water partition coefficient (Wildman–Crippen LogP) is 2.57. The predicted molar refractivity (Wildman–Crippen MR) is 68.1 cm³/mol. The molecule has 1 aromatic carbocycles. The second-order valence-electron chi connectivity index (χ2n) is 5.66. The fourth-order valence-electron chi connectivity index (χ4n) is 2.56. The van der Waals surface area contributed by atoms with Gasteiger partial charge in [-0.25, -0.2) is 8.78 Å². The minimum absolute atomic E-state index is 0.201. The van der Waals surface area contributed by atoms with Gasteiger partial charge in [0.05, 0.1) is 11.8 Å². The third-order valence-electron chi connectivity index (χ3n) is 3.91. The normalized spacial score (nSPS) is 23.2. The van der Waals surface area contributed by atoms with Gasteiger partial charge >= 0.3 is 5.97 Å². The molecule has 1 saturated carbocycles. The summed E-state index contributed by atoms with van der Waals surface area (Å²) in [5, 5.41) is 11.2. The van der Waals surface area contributed by atoms with Crippen molar-refractivity contribution >= 4 is 17.6 Å². The van der Waals surface area contributed by atoms with E-state index in [2.05, 4.69) is 5.32 Å². The molecule has 1 fully saturated rings. The van der Waals surface area contributed by atoms with Crippen molar-refractivity contribution in [3.63, 3.8) is 0 Å². The van der Waals surface area contributed by atoms with Crippen molar-refractivity contribution in [3.05, 3.63) is 29.3 Å². The highest BCUT2D eigenvalue weighted by Crippen LogP contribution is 2.58. The Balaban J connectivity index is 2.23. The number of amides is 1. The average molecular weight is 283 g/mol. The van der Waals surface area contributed by atoms with Crippen molar-refractivity contribution in [2.75, 3.05) is 5.32 Å². The van der Waals surface area contributed by atoms with Crippen molar-refractivity contribution in [3.8, 4) is 0 Å². The number of halogens is 2. The van der Waals surface area contributed by atoms with Gasteiger partial charge in [-0.1, -0.05) is 19.9 Å². The van der Waals surface area contributed by atoms with Crippen molar-refractivity contribution < 1.29 is 23.5 Å². The van der Waals surface area contributed by atoms with Gasteiger partial charge in [0, 0.05) is 0 Å². The van der Waals surface area contributed by atoms with Gasteiger partial charge in [-0.3, -0.25) is 9.59 Å². The van der Waals surface area contributed by atoms with Crippen molar-refractivity contribution in [2.24, 2.45) is 17.3 Å². The van der Waals surface area contributed by atoms with E-state index in [0.29, 0.717) is 0 Å². The lowest BCUT2D eigenvalue weighted by Gasteiger charge is -2.09. The lowest BCUT2D eigenvalue weighted by atomic mass is 10.1. The molecule has 0 unspecified atom stereocenters. The quantitative estimate of drug-likeness (QED) is 0.896. The van der Waals surface area contributed by atoms with E-state index in [4.69, 9.17) is 5.11 Å². The molecular weight excluding hydrogens is 268 g/mol. The van der Waals surface area contributed by atoms with Gasteiger partial charge in [-0.05, 0) is 24.0 Å². The van der Waals surface area contributed by atoms with Crippen LogP contribution in [-0.4, -0.2) is 17.0 Å². The second kappa shape index (κ2) is 4.54. The number of carbonyl (C=O) groups is 2. The molecule has 108 valence electrons. The molecule has 2 N–H and O–H groups in total. The van der Waals surface area contributed by atoms with Gasteiger partial charge in [-0.15, -0.1) is 0 Å². The zero-order chi connectivity index (χ0) is 15.2. The number of rotatable bonds is 3. The fourth-order valence-corrected chi connectivity index (χ4v) is 2.56. The summed E-state index contributed by atoms with van der Waals surface area (Å²) in [5.74, 6) is -5.11. The topological polar surface area (TPSA) is 66.4 Å². The Labute approximate surface area is 114 Å². The zero-order valence-electron chi connectivity index (χ0n) is 11.3. The van der Waals surface area contributed by atoms with Crippen LogP contribution in [0.15, 0.2) is 12.1 Å². The number of carboxylic acids is 1. The van der Waals surface area contributed by atoms with Crippen molar-refractivity contribution in [1.82, 2.24) is 0 Å². The first-order valence-electron chi connectivity index (χ1n) is 6.16. The molecule has 1 aliphatic rings. The van der Waals surface area contributed by atoms with Gasteiger partial charge in [0.25, 0.3) is 0 Å². The van der Waals surface area contributed by atoms with E-state index in [0.717, 1.165) is 6.07 Å². The van der Waals surface area contributed by atoms with E-state index < -0.39 is 46.4 Å². The van der Waals surface area contributed by atoms with Crippen LogP contribution in [0.4, 0.5) is 14.5 Å². The van der Waals surface area contributed by atoms with E-state index in [1.807, 2.05) is 0 Å². The van der Waals surface area contributed by atoms with Gasteiger partial charge in [-0.2, -0.15) is 0 Å². The Morgan fingerprint density at radius 2 is 1.85 bits per heavy atom. The van der Waals surface area contributed by atoms with Gasteiger partial charge in [0.2, 0.25) is 5.91 Å². The summed E-state index contributed by atoms with van der Waals surface area (Å²) in [5.41, 5.74) is -1.04. The van der Waals surface area contributed by atoms with Crippen LogP contribution in [0.2, 0.25) is 0 Å². The molecule has 0 aliphatic heterocycles. The van der Waals surface area contributed by atoms with Crippen molar-refractivity contribution in [2.45, 2.75) is 20.8 Å². The summed E-state index contributed by atoms with van der Waals surface area (Å²) in [6.07, 6.45) is 0. The van der Waals surface area contributed by atoms with Gasteiger partial charge in [0.1, 0.15) is 11.5 Å². The molecule has 0 saturated heterocycles. The molecule has 0 heterocycles. The van der Waals surface area contributed by atoms with Crippen LogP contribution >= 0.6 is 0 Å². The first-order chi connectivity index (χ1) is 9.17. The van der Waals surface area contributed by atoms with Crippen LogP contribution < -0.4 is 5.32 Å². The molecule has 2 atom stereocenters. The molecule has 2 rings (SSSR count). The maximum Gasteiger partial charge on any atom is 0.307 e. The maximum absolute atomic E-state index is 13.8. The summed E-state index contributed by atoms with van der Waals surface area (Å²) in [7, 11) is 0. The van der Waals surface area contributed by atoms with E-state index in [1.54, 1.807) is 13.8 Å². The minimum atomic E-state index is -1.08. The number of hydrogen-bond donors (Lipinski definition) is 2. The molecule has 0 spiro atoms. The lowest BCUT2D eigenvalue weighted by Crippen LogP contribution is -2.19. The first kappa shape index (κ1) is 14.4. The third-order valence-corrected chi connectivity index (χ3v) is 3.91. The van der Waals surface area contributed by atoms with Crippen LogP contribution in [0, 0.1) is 35.8 Å². The zero-order valence-corrected chi connectivity index (χ0v) is 11.3. The van der Waals surface area contributed by atoms with Gasteiger partial charge < -0.3 is 10.4 Å². The van der Waals surface area contributed by atoms with E-state index in [-0.39, 0.29) is 5.56 Å². The number of aliphatic carboxylic acids is 1. The molecule has 1 aliphatic carbocycles. The molecule has 1 aromatic rings. The largest absolute Gasteiger partial charge is 0.481 e. The summed E-state index contributed by atoms with van der Waals surface area (Å²) in [4.78, 5) is 23.0. The third kappa shape index (κ3) is 2.15. The molecular formula is C14H15F2NO3. The van der Waals surface area contributed by atoms with Crippen molar-refractivity contribution in [1.29, 1.82) is 0 Å².